The van der Waals surface area contributed by atoms with E-state index >= 15 is 0 Å². The fourth-order valence-corrected chi connectivity index (χ4v) is 6.02. The van der Waals surface area contributed by atoms with E-state index in [1.807, 2.05) is 0 Å². The first-order valence-corrected chi connectivity index (χ1v) is 17.3. The van der Waals surface area contributed by atoms with Crippen LogP contribution in [0.15, 0.2) is 42.5 Å². The molecule has 4 rings (SSSR count). The van der Waals surface area contributed by atoms with E-state index in [-0.39, 0.29) is 42.1 Å². The van der Waals surface area contributed by atoms with Crippen molar-refractivity contribution in [2.24, 2.45) is 5.73 Å². The summed E-state index contributed by atoms with van der Waals surface area (Å²) in [5.41, 5.74) is 9.04. The van der Waals surface area contributed by atoms with Gasteiger partial charge in [-0.3, -0.25) is 24.0 Å². The molecule has 1 aliphatic heterocycles. The highest BCUT2D eigenvalue weighted by atomic mass is 19.1. The van der Waals surface area contributed by atoms with Gasteiger partial charge in [0.15, 0.2) is 0 Å². The average Bonchev–Trinajstić information content (AvgIpc) is 3.56. The summed E-state index contributed by atoms with van der Waals surface area (Å²) < 4.78 is 19.7. The Morgan fingerprint density at radius 2 is 1.73 bits per heavy atom. The van der Waals surface area contributed by atoms with E-state index in [0.29, 0.717) is 41.4 Å². The maximum absolute atomic E-state index is 14.6. The molecule has 0 bridgehead atoms. The van der Waals surface area contributed by atoms with Gasteiger partial charge in [-0.25, -0.2) is 9.29 Å². The number of carbonyl (C=O) groups excluding carboxylic acids is 5. The molecule has 1 aliphatic rings. The van der Waals surface area contributed by atoms with Crippen LogP contribution < -0.4 is 31.3 Å². The van der Waals surface area contributed by atoms with E-state index in [1.54, 1.807) is 45.2 Å². The zero-order valence-corrected chi connectivity index (χ0v) is 30.5. The molecule has 0 saturated carbocycles. The Hall–Kier alpha value is -5.34. The molecule has 6 N–H and O–H groups in total. The average molecular weight is 718 g/mol. The molecular weight excluding hydrogens is 669 g/mol. The van der Waals surface area contributed by atoms with Crippen LogP contribution in [0, 0.1) is 19.7 Å². The summed E-state index contributed by atoms with van der Waals surface area (Å²) in [6.45, 7) is 12.1. The summed E-state index contributed by atoms with van der Waals surface area (Å²) in [6.07, 6.45) is 1.06. The predicted octanol–water partition coefficient (Wildman–Crippen LogP) is 3.19. The number of ether oxygens (including phenoxy) is 1. The number of benzene rings is 2. The van der Waals surface area contributed by atoms with Crippen LogP contribution in [0.3, 0.4) is 0 Å². The third-order valence-electron chi connectivity index (χ3n) is 9.09. The molecule has 0 spiro atoms. The molecule has 13 nitrogen and oxygen atoms in total. The highest BCUT2D eigenvalue weighted by molar-refractivity contribution is 6.42. The summed E-state index contributed by atoms with van der Waals surface area (Å²) in [5.74, 6) is -2.69. The lowest BCUT2D eigenvalue weighted by molar-refractivity contribution is -0.130. The summed E-state index contributed by atoms with van der Waals surface area (Å²) in [4.78, 5) is 72.9. The van der Waals surface area contributed by atoms with Crippen LogP contribution in [0.25, 0.3) is 11.6 Å². The van der Waals surface area contributed by atoms with Gasteiger partial charge in [0.1, 0.15) is 17.6 Å². The van der Waals surface area contributed by atoms with Crippen molar-refractivity contribution in [2.45, 2.75) is 66.1 Å². The summed E-state index contributed by atoms with van der Waals surface area (Å²) >= 11 is 0. The van der Waals surface area contributed by atoms with Crippen molar-refractivity contribution in [3.63, 3.8) is 0 Å². The number of nitrogens with two attached hydrogens (primary N) is 1. The van der Waals surface area contributed by atoms with Crippen molar-refractivity contribution in [2.75, 3.05) is 38.2 Å². The molecule has 2 heterocycles. The highest BCUT2D eigenvalue weighted by Gasteiger charge is 2.38. The maximum Gasteiger partial charge on any atom is 0.265 e. The van der Waals surface area contributed by atoms with Gasteiger partial charge in [-0.2, -0.15) is 0 Å². The molecule has 2 aromatic carbocycles. The molecule has 2 atom stereocenters. The van der Waals surface area contributed by atoms with Gasteiger partial charge in [-0.1, -0.05) is 26.0 Å². The van der Waals surface area contributed by atoms with Crippen LogP contribution in [-0.2, 0) is 25.7 Å². The number of hydrogen-bond acceptors (Lipinski definition) is 8. The summed E-state index contributed by atoms with van der Waals surface area (Å²) in [7, 11) is 1.55. The maximum atomic E-state index is 14.6. The van der Waals surface area contributed by atoms with Crippen LogP contribution >= 0.6 is 0 Å². The molecule has 1 unspecified atom stereocenters. The Morgan fingerprint density at radius 1 is 1.04 bits per heavy atom. The van der Waals surface area contributed by atoms with E-state index in [2.05, 4.69) is 39.7 Å². The number of hydrogen-bond donors (Lipinski definition) is 5. The van der Waals surface area contributed by atoms with Crippen molar-refractivity contribution in [1.82, 2.24) is 25.8 Å². The monoisotopic (exact) mass is 717 g/mol. The smallest absolute Gasteiger partial charge is 0.265 e. The second-order valence-electron chi connectivity index (χ2n) is 12.7. The minimum absolute atomic E-state index is 0.0553. The van der Waals surface area contributed by atoms with Crippen molar-refractivity contribution >= 4 is 46.9 Å². The van der Waals surface area contributed by atoms with Gasteiger partial charge >= 0.3 is 0 Å². The number of nitrogens with zero attached hydrogens (tertiary/aromatic N) is 2. The van der Waals surface area contributed by atoms with E-state index in [9.17, 15) is 28.4 Å². The first-order valence-electron chi connectivity index (χ1n) is 17.3. The number of methoxy groups -OCH3 is 1. The van der Waals surface area contributed by atoms with E-state index < -0.39 is 41.5 Å². The molecule has 5 amide bonds. The largest absolute Gasteiger partial charge is 0.497 e. The predicted molar refractivity (Wildman–Crippen MR) is 197 cm³/mol. The highest BCUT2D eigenvalue weighted by Crippen LogP contribution is 2.39. The number of fused-ring (bicyclic) bond motifs is 1. The molecule has 0 radical (unpaired) electrons. The number of halogens is 1. The number of imide groups is 1. The molecule has 0 fully saturated rings. The number of nitrogens with one attached hydrogen (secondary N) is 4. The van der Waals surface area contributed by atoms with Crippen molar-refractivity contribution in [3.8, 4) is 5.75 Å². The zero-order valence-electron chi connectivity index (χ0n) is 30.5. The molecular formula is C38H48FN7O6. The van der Waals surface area contributed by atoms with Gasteiger partial charge < -0.3 is 36.3 Å². The van der Waals surface area contributed by atoms with E-state index in [4.69, 9.17) is 10.5 Å². The van der Waals surface area contributed by atoms with Gasteiger partial charge in [0.05, 0.1) is 30.0 Å². The normalized spacial score (nSPS) is 14.3. The number of rotatable bonds is 16. The van der Waals surface area contributed by atoms with Gasteiger partial charge in [-0.05, 0) is 87.8 Å². The lowest BCUT2D eigenvalue weighted by atomic mass is 10.0. The van der Waals surface area contributed by atoms with Gasteiger partial charge in [-0.15, -0.1) is 0 Å². The first-order chi connectivity index (χ1) is 24.8. The summed E-state index contributed by atoms with van der Waals surface area (Å²) in [6, 6.07) is 8.68. The number of aromatic nitrogens is 1. The number of carbonyl (C=O) groups is 5. The van der Waals surface area contributed by atoms with Crippen LogP contribution in [-0.4, -0.2) is 84.8 Å². The zero-order chi connectivity index (χ0) is 38.1. The second-order valence-corrected chi connectivity index (χ2v) is 12.7. The SMILES string of the molecule is CCN(CC)CCNC(=O)c1c(C)[nH]c(/C=C2\C(=O)N(C(=O)CC[C@H](NC(=O)C(C)N)C(=O)NCc3ccc(OC)cc3)c3ccc(F)cc32)c1C. The van der Waals surface area contributed by atoms with Crippen molar-refractivity contribution in [3.05, 3.63) is 81.9 Å². The Bertz CT molecular complexity index is 1830. The first kappa shape index (κ1) is 39.4. The van der Waals surface area contributed by atoms with Crippen LogP contribution in [0.2, 0.25) is 0 Å². The van der Waals surface area contributed by atoms with E-state index in [0.717, 1.165) is 29.6 Å². The molecule has 1 aromatic heterocycles. The Balaban J connectivity index is 1.53. The number of amides is 5. The van der Waals surface area contributed by atoms with Crippen molar-refractivity contribution < 1.29 is 33.1 Å². The fourth-order valence-electron chi connectivity index (χ4n) is 6.02. The molecule has 0 aliphatic carbocycles. The number of H-pyrrole nitrogens is 1. The third-order valence-corrected chi connectivity index (χ3v) is 9.09. The Kier molecular flexibility index (Phi) is 13.5. The molecule has 278 valence electrons. The van der Waals surface area contributed by atoms with Crippen LogP contribution in [0.4, 0.5) is 10.1 Å². The second kappa shape index (κ2) is 17.7. The summed E-state index contributed by atoms with van der Waals surface area (Å²) in [5, 5.41) is 8.31. The number of likely N-dealkylation sites (N-methyl/N-ethyl adjacent to an activating group) is 1. The number of aromatic amines is 1. The molecule has 3 aromatic rings. The minimum atomic E-state index is -1.14. The third kappa shape index (κ3) is 9.30. The lowest BCUT2D eigenvalue weighted by Crippen LogP contribution is -2.51. The van der Waals surface area contributed by atoms with Crippen LogP contribution in [0.1, 0.15) is 72.0 Å². The lowest BCUT2D eigenvalue weighted by Gasteiger charge is -2.21. The number of anilines is 1. The van der Waals surface area contributed by atoms with Gasteiger partial charge in [0, 0.05) is 43.0 Å². The quantitative estimate of drug-likeness (QED) is 0.140. The van der Waals surface area contributed by atoms with Crippen molar-refractivity contribution in [1.29, 1.82) is 0 Å². The molecule has 0 saturated heterocycles. The Labute approximate surface area is 303 Å². The standard InChI is InChI=1S/C38H48FN7O6/c1-7-45(8-2)18-17-41-37(50)34-22(3)31(43-24(34)5)20-29-28-19-26(39)11-15-32(28)46(38(29)51)33(47)16-14-30(44-35(48)23(4)40)36(49)42-21-25-9-12-27(52-6)13-10-25/h9-13,15,19-20,23,30,43H,7-8,14,16-18,21,40H2,1-6H3,(H,41,50)(H,42,49)(H,44,48)/b29-20-/t23?,30-/m0/s1. The molecule has 14 heteroatoms. The van der Waals surface area contributed by atoms with Crippen LogP contribution in [0.5, 0.6) is 5.75 Å². The molecule has 52 heavy (non-hydrogen) atoms. The van der Waals surface area contributed by atoms with Gasteiger partial charge in [0.2, 0.25) is 17.7 Å². The van der Waals surface area contributed by atoms with Gasteiger partial charge in [0.25, 0.3) is 11.8 Å². The number of aryl methyl sites for hydroxylation is 1. The Morgan fingerprint density at radius 3 is 2.37 bits per heavy atom. The van der Waals surface area contributed by atoms with E-state index in [1.165, 1.54) is 25.1 Å². The topological polar surface area (TPSA) is 179 Å². The fraction of sp³-hybridized carbons (Fsp3) is 0.395. The minimum Gasteiger partial charge on any atom is -0.497 e.